The van der Waals surface area contributed by atoms with Gasteiger partial charge < -0.3 is 19.8 Å². The Morgan fingerprint density at radius 1 is 1.27 bits per heavy atom. The molecule has 0 saturated carbocycles. The highest BCUT2D eigenvalue weighted by molar-refractivity contribution is 7.99. The normalized spacial score (nSPS) is 20.8. The van der Waals surface area contributed by atoms with Crippen molar-refractivity contribution in [3.8, 4) is 5.75 Å². The Bertz CT molecular complexity index is 1700. The molecule has 3 heterocycles. The minimum atomic E-state index is -0.388. The number of allylic oxidation sites excluding steroid dienone is 3. The van der Waals surface area contributed by atoms with Crippen LogP contribution in [-0.2, 0) is 24.7 Å². The number of thioether (sulfide) groups is 1. The molecule has 1 aliphatic heterocycles. The van der Waals surface area contributed by atoms with E-state index in [1.807, 2.05) is 70.1 Å². The van der Waals surface area contributed by atoms with E-state index >= 15 is 4.39 Å². The summed E-state index contributed by atoms with van der Waals surface area (Å²) in [6.07, 6.45) is 7.92. The number of carbonyl (C=O) groups excluding carboxylic acids is 1. The average Bonchev–Trinajstić information content (AvgIpc) is 3.62. The molecule has 1 aliphatic rings. The molecule has 7 nitrogen and oxygen atoms in total. The molecular formula is C35H42FN5O2S. The number of nitrogens with one attached hydrogen (secondary N) is 2. The summed E-state index contributed by atoms with van der Waals surface area (Å²) < 4.78 is 23.6. The lowest BCUT2D eigenvalue weighted by atomic mass is 9.94. The van der Waals surface area contributed by atoms with Crippen LogP contribution in [0.15, 0.2) is 60.5 Å². The van der Waals surface area contributed by atoms with Crippen LogP contribution in [0.5, 0.6) is 5.75 Å². The van der Waals surface area contributed by atoms with Crippen LogP contribution >= 0.6 is 11.8 Å². The van der Waals surface area contributed by atoms with Gasteiger partial charge in [0.05, 0.1) is 6.04 Å². The maximum atomic E-state index is 15.5. The Kier molecular flexibility index (Phi) is 9.75. The number of halogens is 1. The maximum Gasteiger partial charge on any atom is 0.172 e. The van der Waals surface area contributed by atoms with Crippen LogP contribution in [0.25, 0.3) is 16.5 Å². The topological polar surface area (TPSA) is 84.8 Å². The first-order valence-electron chi connectivity index (χ1n) is 15.2. The van der Waals surface area contributed by atoms with Crippen molar-refractivity contribution in [2.24, 2.45) is 18.4 Å². The first-order chi connectivity index (χ1) is 21.1. The van der Waals surface area contributed by atoms with Crippen LogP contribution < -0.4 is 10.1 Å². The van der Waals surface area contributed by atoms with Gasteiger partial charge in [0.15, 0.2) is 23.2 Å². The van der Waals surface area contributed by atoms with Crippen LogP contribution in [0.4, 0.5) is 4.39 Å². The van der Waals surface area contributed by atoms with Crippen molar-refractivity contribution in [1.82, 2.24) is 25.1 Å². The van der Waals surface area contributed by atoms with Gasteiger partial charge >= 0.3 is 0 Å². The van der Waals surface area contributed by atoms with E-state index < -0.39 is 0 Å². The number of ether oxygens (including phenoxy) is 1. The molecule has 0 spiro atoms. The first-order valence-corrected chi connectivity index (χ1v) is 16.3. The number of aromatic amines is 1. The van der Waals surface area contributed by atoms with Crippen LogP contribution in [0.1, 0.15) is 69.0 Å². The van der Waals surface area contributed by atoms with Gasteiger partial charge in [0.25, 0.3) is 0 Å². The number of aromatic nitrogens is 4. The molecule has 4 aromatic rings. The fraction of sp³-hybridized carbons (Fsp3) is 0.400. The molecule has 0 radical (unpaired) electrons. The quantitative estimate of drug-likeness (QED) is 0.236. The Morgan fingerprint density at radius 2 is 2.09 bits per heavy atom. The van der Waals surface area contributed by atoms with E-state index in [4.69, 9.17) is 14.8 Å². The summed E-state index contributed by atoms with van der Waals surface area (Å²) in [5.41, 5.74) is 4.59. The van der Waals surface area contributed by atoms with E-state index in [9.17, 15) is 4.79 Å². The molecule has 232 valence electrons. The van der Waals surface area contributed by atoms with Gasteiger partial charge in [0.2, 0.25) is 0 Å². The van der Waals surface area contributed by atoms with E-state index in [2.05, 4.69) is 42.3 Å². The predicted octanol–water partition coefficient (Wildman–Crippen LogP) is 7.19. The molecule has 2 unspecified atom stereocenters. The van der Waals surface area contributed by atoms with Gasteiger partial charge in [-0.15, -0.1) is 0 Å². The average molecular weight is 616 g/mol. The SMILES string of the molecule is C/C=C1\C=C(/C)c2nc(nn2C)C(c2cccc(CC(C)C=O)c2)NCC(C)(C)CSCCc2c(c(F)cc3[nH]ccc23)O1. The summed E-state index contributed by atoms with van der Waals surface area (Å²) >= 11 is 1.86. The van der Waals surface area contributed by atoms with Gasteiger partial charge in [0, 0.05) is 48.2 Å². The Labute approximate surface area is 263 Å². The van der Waals surface area contributed by atoms with Crippen molar-refractivity contribution in [2.45, 2.75) is 53.5 Å². The molecule has 2 aromatic heterocycles. The lowest BCUT2D eigenvalue weighted by molar-refractivity contribution is -0.110. The van der Waals surface area contributed by atoms with Gasteiger partial charge in [-0.3, -0.25) is 0 Å². The highest BCUT2D eigenvalue weighted by Crippen LogP contribution is 2.35. The number of fused-ring (bicyclic) bond motifs is 5. The summed E-state index contributed by atoms with van der Waals surface area (Å²) in [7, 11) is 1.88. The van der Waals surface area contributed by atoms with Crippen molar-refractivity contribution in [3.63, 3.8) is 0 Å². The molecule has 5 rings (SSSR count). The van der Waals surface area contributed by atoms with E-state index in [1.54, 1.807) is 4.68 Å². The molecule has 0 fully saturated rings. The van der Waals surface area contributed by atoms with Gasteiger partial charge in [-0.1, -0.05) is 45.0 Å². The summed E-state index contributed by atoms with van der Waals surface area (Å²) in [4.78, 5) is 19.5. The van der Waals surface area contributed by atoms with E-state index in [-0.39, 0.29) is 28.9 Å². The highest BCUT2D eigenvalue weighted by atomic mass is 32.2. The minimum Gasteiger partial charge on any atom is -0.454 e. The number of nitrogens with zero attached hydrogens (tertiary/aromatic N) is 3. The standard InChI is InChI=1S/C35H42FN5O2S/c1-7-26-16-23(3)34-39-33(40-41(34)6)31(25-10-8-9-24(17-25)15-22(2)19-42)38-20-35(4,5)21-44-14-12-28-27-11-13-37-30(27)18-29(36)32(28)43-26/h7-11,13,16-19,22,31,37-38H,12,14-15,20-21H2,1-6H3/b23-16+,26-7+. The maximum absolute atomic E-state index is 15.5. The zero-order valence-corrected chi connectivity index (χ0v) is 27.2. The van der Waals surface area contributed by atoms with Crippen molar-refractivity contribution in [1.29, 1.82) is 0 Å². The second kappa shape index (κ2) is 13.5. The zero-order valence-electron chi connectivity index (χ0n) is 26.4. The van der Waals surface area contributed by atoms with E-state index in [1.165, 1.54) is 6.07 Å². The molecule has 44 heavy (non-hydrogen) atoms. The zero-order chi connectivity index (χ0) is 31.4. The number of aryl methyl sites for hydroxylation is 2. The van der Waals surface area contributed by atoms with Gasteiger partial charge in [-0.25, -0.2) is 14.1 Å². The van der Waals surface area contributed by atoms with E-state index in [0.717, 1.165) is 57.5 Å². The number of benzene rings is 2. The fourth-order valence-corrected chi connectivity index (χ4v) is 6.80. The molecule has 9 heteroatoms. The van der Waals surface area contributed by atoms with Gasteiger partial charge in [0.1, 0.15) is 12.0 Å². The third-order valence-corrected chi connectivity index (χ3v) is 9.45. The molecule has 0 amide bonds. The third kappa shape index (κ3) is 7.16. The summed E-state index contributed by atoms with van der Waals surface area (Å²) in [5, 5.41) is 9.62. The highest BCUT2D eigenvalue weighted by Gasteiger charge is 2.26. The monoisotopic (exact) mass is 615 g/mol. The number of H-pyrrole nitrogens is 1. The predicted molar refractivity (Wildman–Crippen MR) is 177 cm³/mol. The van der Waals surface area contributed by atoms with Crippen molar-refractivity contribution in [3.05, 3.63) is 94.7 Å². The van der Waals surface area contributed by atoms with Gasteiger partial charge in [-0.05, 0) is 78.5 Å². The van der Waals surface area contributed by atoms with E-state index in [0.29, 0.717) is 30.2 Å². The molecule has 0 saturated heterocycles. The van der Waals surface area contributed by atoms with Crippen molar-refractivity contribution < 1.29 is 13.9 Å². The Hall–Kier alpha value is -3.69. The lowest BCUT2D eigenvalue weighted by Crippen LogP contribution is -2.35. The lowest BCUT2D eigenvalue weighted by Gasteiger charge is -2.28. The summed E-state index contributed by atoms with van der Waals surface area (Å²) in [6, 6.07) is 11.6. The van der Waals surface area contributed by atoms with Crippen molar-refractivity contribution in [2.75, 3.05) is 18.1 Å². The smallest absolute Gasteiger partial charge is 0.172 e. The largest absolute Gasteiger partial charge is 0.454 e. The molecule has 2 bridgehead atoms. The molecular weight excluding hydrogens is 573 g/mol. The van der Waals surface area contributed by atoms with Crippen LogP contribution in [0.2, 0.25) is 0 Å². The van der Waals surface area contributed by atoms with Crippen LogP contribution in [0, 0.1) is 17.2 Å². The molecule has 2 N–H and O–H groups in total. The van der Waals surface area contributed by atoms with Crippen LogP contribution in [0.3, 0.4) is 0 Å². The number of aldehydes is 1. The minimum absolute atomic E-state index is 0.0449. The second-order valence-electron chi connectivity index (χ2n) is 12.5. The number of carbonyl (C=O) groups is 1. The Morgan fingerprint density at radius 3 is 2.86 bits per heavy atom. The summed E-state index contributed by atoms with van der Waals surface area (Å²) in [5.74, 6) is 3.45. The number of hydrogen-bond donors (Lipinski definition) is 2. The number of hydrogen-bond acceptors (Lipinski definition) is 6. The summed E-state index contributed by atoms with van der Waals surface area (Å²) in [6.45, 7) is 11.0. The number of rotatable bonds is 4. The van der Waals surface area contributed by atoms with Crippen molar-refractivity contribution >= 4 is 34.5 Å². The molecule has 0 aliphatic carbocycles. The second-order valence-corrected chi connectivity index (χ2v) is 13.6. The van der Waals surface area contributed by atoms with Gasteiger partial charge in [-0.2, -0.15) is 16.9 Å². The fourth-order valence-electron chi connectivity index (χ4n) is 5.65. The first kappa shape index (κ1) is 31.7. The molecule has 2 atom stereocenters. The molecule has 2 aromatic carbocycles. The van der Waals surface area contributed by atoms with Crippen LogP contribution in [-0.4, -0.2) is 44.1 Å². The third-order valence-electron chi connectivity index (χ3n) is 7.97. The Balaban J connectivity index is 1.57.